The lowest BCUT2D eigenvalue weighted by Gasteiger charge is -2.21. The number of carbonyl (C=O) groups is 1. The Hall–Kier alpha value is -1.55. The smallest absolute Gasteiger partial charge is 0.433 e. The molecule has 0 spiro atoms. The number of carbonyl (C=O) groups excluding carboxylic acids is 1. The van der Waals surface area contributed by atoms with Gasteiger partial charge in [0.25, 0.3) is 0 Å². The number of unbranched alkanes of at least 4 members (excludes halogenated alkanes) is 7. The highest BCUT2D eigenvalue weighted by Crippen LogP contribution is 2.09. The van der Waals surface area contributed by atoms with Crippen LogP contribution < -0.4 is 0 Å². The van der Waals surface area contributed by atoms with Gasteiger partial charge < -0.3 is 4.74 Å². The summed E-state index contributed by atoms with van der Waals surface area (Å²) in [5.74, 6) is 0. The number of nitrogens with zero attached hydrogens (tertiary/aromatic N) is 1. The van der Waals surface area contributed by atoms with Gasteiger partial charge in [0.05, 0.1) is 19.8 Å². The van der Waals surface area contributed by atoms with Gasteiger partial charge in [-0.1, -0.05) is 82.2 Å². The summed E-state index contributed by atoms with van der Waals surface area (Å²) in [6, 6.07) is 10.1. The first-order chi connectivity index (χ1) is 12.3. The monoisotopic (exact) mass is 349 g/mol. The fourth-order valence-electron chi connectivity index (χ4n) is 2.69. The van der Waals surface area contributed by atoms with E-state index in [1.807, 2.05) is 25.1 Å². The molecule has 0 heterocycles. The molecule has 1 aromatic rings. The summed E-state index contributed by atoms with van der Waals surface area (Å²) in [7, 11) is 0. The normalized spacial score (nSPS) is 10.6. The number of ether oxygens (including phenoxy) is 1. The Bertz CT molecular complexity index is 436. The standard InChI is InChI=1S/C21H35NO3/c1-3-5-6-7-8-9-10-14-19-25-22(21(23)24-4-2)18-17-20-15-12-11-13-16-20/h11-13,15-16H,3-10,14,17-19H2,1-2H3. The molecule has 0 aliphatic heterocycles. The summed E-state index contributed by atoms with van der Waals surface area (Å²) in [5.41, 5.74) is 1.19. The van der Waals surface area contributed by atoms with Crippen LogP contribution in [0.3, 0.4) is 0 Å². The molecule has 0 atom stereocenters. The second-order valence-electron chi connectivity index (χ2n) is 6.34. The minimum absolute atomic E-state index is 0.363. The summed E-state index contributed by atoms with van der Waals surface area (Å²) in [5, 5.41) is 1.37. The average molecular weight is 350 g/mol. The molecule has 4 nitrogen and oxygen atoms in total. The number of rotatable bonds is 14. The van der Waals surface area contributed by atoms with E-state index in [0.29, 0.717) is 19.8 Å². The third kappa shape index (κ3) is 10.8. The van der Waals surface area contributed by atoms with E-state index in [0.717, 1.165) is 19.3 Å². The number of hydrogen-bond donors (Lipinski definition) is 0. The fraction of sp³-hybridized carbons (Fsp3) is 0.667. The van der Waals surface area contributed by atoms with Crippen LogP contribution in [-0.2, 0) is 16.0 Å². The van der Waals surface area contributed by atoms with Crippen LogP contribution in [0.15, 0.2) is 30.3 Å². The van der Waals surface area contributed by atoms with E-state index in [-0.39, 0.29) is 0 Å². The Labute approximate surface area is 153 Å². The van der Waals surface area contributed by atoms with Crippen LogP contribution in [0.5, 0.6) is 0 Å². The molecule has 0 saturated heterocycles. The maximum atomic E-state index is 12.0. The van der Waals surface area contributed by atoms with Gasteiger partial charge in [0.1, 0.15) is 0 Å². The Kier molecular flexibility index (Phi) is 12.7. The zero-order valence-electron chi connectivity index (χ0n) is 16.0. The Morgan fingerprint density at radius 3 is 2.20 bits per heavy atom. The summed E-state index contributed by atoms with van der Waals surface area (Å²) in [4.78, 5) is 17.7. The van der Waals surface area contributed by atoms with Crippen molar-refractivity contribution in [2.45, 2.75) is 71.6 Å². The second kappa shape index (κ2) is 14.8. The molecule has 4 heteroatoms. The van der Waals surface area contributed by atoms with Gasteiger partial charge in [-0.25, -0.2) is 4.79 Å². The van der Waals surface area contributed by atoms with Gasteiger partial charge in [-0.3, -0.25) is 4.84 Å². The zero-order valence-corrected chi connectivity index (χ0v) is 16.0. The third-order valence-electron chi connectivity index (χ3n) is 4.16. The van der Waals surface area contributed by atoms with Crippen molar-refractivity contribution in [3.63, 3.8) is 0 Å². The minimum atomic E-state index is -0.391. The highest BCUT2D eigenvalue weighted by Gasteiger charge is 2.15. The lowest BCUT2D eigenvalue weighted by atomic mass is 10.1. The van der Waals surface area contributed by atoms with Crippen molar-refractivity contribution in [2.75, 3.05) is 19.8 Å². The van der Waals surface area contributed by atoms with Crippen molar-refractivity contribution in [3.8, 4) is 0 Å². The Morgan fingerprint density at radius 2 is 1.56 bits per heavy atom. The predicted octanol–water partition coefficient (Wildman–Crippen LogP) is 5.76. The molecular formula is C21H35NO3. The van der Waals surface area contributed by atoms with E-state index in [4.69, 9.17) is 9.57 Å². The topological polar surface area (TPSA) is 38.8 Å². The molecule has 0 radical (unpaired) electrons. The molecule has 0 fully saturated rings. The molecule has 1 rings (SSSR count). The number of hydroxylamine groups is 2. The first-order valence-electron chi connectivity index (χ1n) is 9.89. The van der Waals surface area contributed by atoms with Crippen LogP contribution in [0.1, 0.15) is 70.8 Å². The predicted molar refractivity (Wildman–Crippen MR) is 102 cm³/mol. The number of hydrogen-bond acceptors (Lipinski definition) is 3. The fourth-order valence-corrected chi connectivity index (χ4v) is 2.69. The summed E-state index contributed by atoms with van der Waals surface area (Å²) < 4.78 is 5.09. The second-order valence-corrected chi connectivity index (χ2v) is 6.34. The first kappa shape index (κ1) is 21.5. The molecule has 1 aromatic carbocycles. The van der Waals surface area contributed by atoms with Gasteiger partial charge in [-0.15, -0.1) is 0 Å². The average Bonchev–Trinajstić information content (AvgIpc) is 2.63. The van der Waals surface area contributed by atoms with Gasteiger partial charge >= 0.3 is 6.09 Å². The summed E-state index contributed by atoms with van der Waals surface area (Å²) in [6.45, 7) is 5.50. The van der Waals surface area contributed by atoms with Crippen molar-refractivity contribution in [1.29, 1.82) is 0 Å². The summed E-state index contributed by atoms with van der Waals surface area (Å²) >= 11 is 0. The molecule has 0 aromatic heterocycles. The van der Waals surface area contributed by atoms with E-state index in [2.05, 4.69) is 19.1 Å². The van der Waals surface area contributed by atoms with Crippen LogP contribution in [-0.4, -0.2) is 30.9 Å². The van der Waals surface area contributed by atoms with E-state index < -0.39 is 6.09 Å². The van der Waals surface area contributed by atoms with E-state index in [9.17, 15) is 4.79 Å². The SMILES string of the molecule is CCCCCCCCCCON(CCc1ccccc1)C(=O)OCC. The van der Waals surface area contributed by atoms with Crippen LogP contribution in [0.4, 0.5) is 4.79 Å². The van der Waals surface area contributed by atoms with Gasteiger partial charge in [-0.2, -0.15) is 5.06 Å². The van der Waals surface area contributed by atoms with E-state index in [1.165, 1.54) is 49.2 Å². The van der Waals surface area contributed by atoms with Gasteiger partial charge in [0, 0.05) is 0 Å². The Balaban J connectivity index is 2.21. The summed E-state index contributed by atoms with van der Waals surface area (Å²) in [6.07, 6.45) is 10.4. The molecule has 0 aliphatic carbocycles. The molecule has 1 amide bonds. The molecule has 0 aliphatic rings. The minimum Gasteiger partial charge on any atom is -0.448 e. The van der Waals surface area contributed by atoms with E-state index in [1.54, 1.807) is 0 Å². The van der Waals surface area contributed by atoms with Crippen molar-refractivity contribution in [3.05, 3.63) is 35.9 Å². The lowest BCUT2D eigenvalue weighted by molar-refractivity contribution is -0.136. The van der Waals surface area contributed by atoms with Crippen LogP contribution in [0.25, 0.3) is 0 Å². The molecular weight excluding hydrogens is 314 g/mol. The number of benzene rings is 1. The number of amides is 1. The molecule has 0 unspecified atom stereocenters. The molecule has 0 N–H and O–H groups in total. The quantitative estimate of drug-likeness (QED) is 0.316. The Morgan fingerprint density at radius 1 is 0.920 bits per heavy atom. The van der Waals surface area contributed by atoms with E-state index >= 15 is 0 Å². The molecule has 0 bridgehead atoms. The third-order valence-corrected chi connectivity index (χ3v) is 4.16. The maximum absolute atomic E-state index is 12.0. The van der Waals surface area contributed by atoms with Gasteiger partial charge in [-0.05, 0) is 25.3 Å². The highest BCUT2D eigenvalue weighted by molar-refractivity contribution is 5.66. The maximum Gasteiger partial charge on any atom is 0.433 e. The van der Waals surface area contributed by atoms with Gasteiger partial charge in [0.15, 0.2) is 0 Å². The van der Waals surface area contributed by atoms with Crippen LogP contribution in [0.2, 0.25) is 0 Å². The van der Waals surface area contributed by atoms with Gasteiger partial charge in [0.2, 0.25) is 0 Å². The van der Waals surface area contributed by atoms with Crippen LogP contribution in [0, 0.1) is 0 Å². The van der Waals surface area contributed by atoms with Crippen molar-refractivity contribution in [2.24, 2.45) is 0 Å². The first-order valence-corrected chi connectivity index (χ1v) is 9.89. The van der Waals surface area contributed by atoms with Crippen molar-refractivity contribution in [1.82, 2.24) is 5.06 Å². The van der Waals surface area contributed by atoms with Crippen molar-refractivity contribution < 1.29 is 14.4 Å². The lowest BCUT2D eigenvalue weighted by Crippen LogP contribution is -2.34. The highest BCUT2D eigenvalue weighted by atomic mass is 16.7. The molecule has 142 valence electrons. The van der Waals surface area contributed by atoms with Crippen LogP contribution >= 0.6 is 0 Å². The largest absolute Gasteiger partial charge is 0.448 e. The zero-order chi connectivity index (χ0) is 18.2. The molecule has 0 saturated carbocycles. The molecule has 25 heavy (non-hydrogen) atoms. The van der Waals surface area contributed by atoms with Crippen molar-refractivity contribution >= 4 is 6.09 Å².